The van der Waals surface area contributed by atoms with Gasteiger partial charge >= 0.3 is 0 Å². The predicted octanol–water partition coefficient (Wildman–Crippen LogP) is 3.15. The van der Waals surface area contributed by atoms with Crippen LogP contribution in [0.4, 0.5) is 0 Å². The number of nitrogens with one attached hydrogen (secondary N) is 1. The van der Waals surface area contributed by atoms with E-state index >= 15 is 0 Å². The lowest BCUT2D eigenvalue weighted by Crippen LogP contribution is -2.29. The number of rotatable bonds is 6. The number of hydrogen-bond donors (Lipinski definition) is 2. The summed E-state index contributed by atoms with van der Waals surface area (Å²) < 4.78 is 0. The Kier molecular flexibility index (Phi) is 5.07. The molecule has 1 unspecified atom stereocenters. The maximum atomic E-state index is 5.71. The lowest BCUT2D eigenvalue weighted by Gasteiger charge is -2.16. The molecule has 1 heterocycles. The number of benzene rings is 1. The minimum absolute atomic E-state index is 0.127. The van der Waals surface area contributed by atoms with Crippen molar-refractivity contribution in [1.29, 1.82) is 0 Å². The fraction of sp³-hybridized carbons (Fsp3) is 0.400. The van der Waals surface area contributed by atoms with Crippen LogP contribution in [0.1, 0.15) is 41.2 Å². The molecule has 102 valence electrons. The lowest BCUT2D eigenvalue weighted by atomic mass is 10.0. The average molecular weight is 275 g/mol. The molecule has 3 N–H and O–H groups in total. The van der Waals surface area contributed by atoms with Crippen molar-refractivity contribution in [2.24, 2.45) is 5.84 Å². The summed E-state index contributed by atoms with van der Waals surface area (Å²) in [5, 5.41) is 3.21. The predicted molar refractivity (Wildman–Crippen MR) is 81.1 cm³/mol. The van der Waals surface area contributed by atoms with Gasteiger partial charge in [0.2, 0.25) is 0 Å². The molecule has 0 radical (unpaired) electrons. The monoisotopic (exact) mass is 275 g/mol. The Morgan fingerprint density at radius 2 is 2.26 bits per heavy atom. The molecule has 2 rings (SSSR count). The van der Waals surface area contributed by atoms with E-state index in [2.05, 4.69) is 47.0 Å². The Morgan fingerprint density at radius 3 is 2.89 bits per heavy atom. The number of aryl methyl sites for hydroxylation is 2. The fourth-order valence-corrected chi connectivity index (χ4v) is 3.02. The summed E-state index contributed by atoms with van der Waals surface area (Å²) in [5.41, 5.74) is 6.60. The normalized spacial score (nSPS) is 12.6. The third-order valence-electron chi connectivity index (χ3n) is 3.14. The van der Waals surface area contributed by atoms with Crippen molar-refractivity contribution >= 4 is 11.3 Å². The van der Waals surface area contributed by atoms with Crippen molar-refractivity contribution in [3.05, 3.63) is 51.5 Å². The van der Waals surface area contributed by atoms with Crippen LogP contribution in [-0.4, -0.2) is 4.98 Å². The van der Waals surface area contributed by atoms with Crippen LogP contribution >= 0.6 is 11.3 Å². The van der Waals surface area contributed by atoms with E-state index in [-0.39, 0.29) is 6.04 Å². The standard InChI is InChI=1S/C15H21N3S/c1-3-5-12-6-4-7-13(8-12)14(18-16)9-15-17-11(2)10-19-15/h4,6-8,10,14,18H,3,5,9,16H2,1-2H3. The zero-order valence-corrected chi connectivity index (χ0v) is 12.3. The molecule has 2 aromatic rings. The zero-order chi connectivity index (χ0) is 13.7. The summed E-state index contributed by atoms with van der Waals surface area (Å²) in [6.07, 6.45) is 3.11. The van der Waals surface area contributed by atoms with Gasteiger partial charge in [-0.05, 0) is 24.5 Å². The Bertz CT molecular complexity index is 522. The number of nitrogens with zero attached hydrogens (tertiary/aromatic N) is 1. The largest absolute Gasteiger partial charge is 0.271 e. The average Bonchev–Trinajstić information content (AvgIpc) is 2.82. The van der Waals surface area contributed by atoms with Gasteiger partial charge in [0.05, 0.1) is 11.0 Å². The van der Waals surface area contributed by atoms with E-state index in [0.29, 0.717) is 0 Å². The molecule has 0 aliphatic rings. The van der Waals surface area contributed by atoms with Gasteiger partial charge in [-0.15, -0.1) is 11.3 Å². The van der Waals surface area contributed by atoms with Crippen LogP contribution in [0.15, 0.2) is 29.6 Å². The van der Waals surface area contributed by atoms with Crippen LogP contribution in [0.3, 0.4) is 0 Å². The molecular formula is C15H21N3S. The Hall–Kier alpha value is -1.23. The van der Waals surface area contributed by atoms with Gasteiger partial charge < -0.3 is 0 Å². The minimum atomic E-state index is 0.127. The van der Waals surface area contributed by atoms with Crippen LogP contribution in [0.5, 0.6) is 0 Å². The van der Waals surface area contributed by atoms with Crippen molar-refractivity contribution in [2.75, 3.05) is 0 Å². The van der Waals surface area contributed by atoms with E-state index < -0.39 is 0 Å². The Labute approximate surface area is 118 Å². The lowest BCUT2D eigenvalue weighted by molar-refractivity contribution is 0.550. The molecule has 1 aromatic carbocycles. The first-order valence-corrected chi connectivity index (χ1v) is 7.57. The van der Waals surface area contributed by atoms with Crippen molar-refractivity contribution in [2.45, 2.75) is 39.2 Å². The van der Waals surface area contributed by atoms with E-state index in [0.717, 1.165) is 30.0 Å². The fourth-order valence-electron chi connectivity index (χ4n) is 2.20. The zero-order valence-electron chi connectivity index (χ0n) is 11.5. The second kappa shape index (κ2) is 6.80. The molecular weight excluding hydrogens is 254 g/mol. The second-order valence-electron chi connectivity index (χ2n) is 4.80. The van der Waals surface area contributed by atoms with E-state index in [9.17, 15) is 0 Å². The first-order chi connectivity index (χ1) is 9.22. The van der Waals surface area contributed by atoms with Crippen LogP contribution in [0.2, 0.25) is 0 Å². The van der Waals surface area contributed by atoms with Gasteiger partial charge in [0.1, 0.15) is 0 Å². The molecule has 0 aliphatic heterocycles. The minimum Gasteiger partial charge on any atom is -0.271 e. The van der Waals surface area contributed by atoms with Crippen molar-refractivity contribution in [1.82, 2.24) is 10.4 Å². The number of hydrazine groups is 1. The number of aromatic nitrogens is 1. The van der Waals surface area contributed by atoms with Crippen LogP contribution in [-0.2, 0) is 12.8 Å². The first-order valence-electron chi connectivity index (χ1n) is 6.69. The maximum Gasteiger partial charge on any atom is 0.0947 e. The molecule has 0 spiro atoms. The van der Waals surface area contributed by atoms with Gasteiger partial charge in [-0.2, -0.15) is 0 Å². The van der Waals surface area contributed by atoms with Crippen LogP contribution < -0.4 is 11.3 Å². The van der Waals surface area contributed by atoms with Crippen LogP contribution in [0, 0.1) is 6.92 Å². The second-order valence-corrected chi connectivity index (χ2v) is 5.74. The van der Waals surface area contributed by atoms with Gasteiger partial charge in [-0.25, -0.2) is 4.98 Å². The van der Waals surface area contributed by atoms with Crippen molar-refractivity contribution in [3.8, 4) is 0 Å². The number of thiazole rings is 1. The molecule has 1 atom stereocenters. The summed E-state index contributed by atoms with van der Waals surface area (Å²) in [6, 6.07) is 8.78. The number of hydrogen-bond acceptors (Lipinski definition) is 4. The first kappa shape index (κ1) is 14.2. The molecule has 3 nitrogen and oxygen atoms in total. The van der Waals surface area contributed by atoms with Gasteiger partial charge in [-0.1, -0.05) is 37.6 Å². The summed E-state index contributed by atoms with van der Waals surface area (Å²) in [7, 11) is 0. The molecule has 0 aliphatic carbocycles. The Balaban J connectivity index is 2.14. The SMILES string of the molecule is CCCc1cccc(C(Cc2nc(C)cs2)NN)c1. The molecule has 19 heavy (non-hydrogen) atoms. The summed E-state index contributed by atoms with van der Waals surface area (Å²) in [6.45, 7) is 4.22. The number of nitrogens with two attached hydrogens (primary N) is 1. The molecule has 0 saturated carbocycles. The molecule has 0 bridgehead atoms. The topological polar surface area (TPSA) is 50.9 Å². The van der Waals surface area contributed by atoms with E-state index in [1.807, 2.05) is 6.92 Å². The van der Waals surface area contributed by atoms with Crippen LogP contribution in [0.25, 0.3) is 0 Å². The quantitative estimate of drug-likeness (QED) is 0.629. The highest BCUT2D eigenvalue weighted by Crippen LogP contribution is 2.21. The molecule has 1 aromatic heterocycles. The van der Waals surface area contributed by atoms with E-state index in [1.54, 1.807) is 11.3 Å². The highest BCUT2D eigenvalue weighted by molar-refractivity contribution is 7.09. The molecule has 0 saturated heterocycles. The summed E-state index contributed by atoms with van der Waals surface area (Å²) in [4.78, 5) is 4.51. The highest BCUT2D eigenvalue weighted by Gasteiger charge is 2.13. The smallest absolute Gasteiger partial charge is 0.0947 e. The molecule has 0 fully saturated rings. The third-order valence-corrected chi connectivity index (χ3v) is 4.13. The molecule has 0 amide bonds. The van der Waals surface area contributed by atoms with Gasteiger partial charge in [-0.3, -0.25) is 11.3 Å². The maximum absolute atomic E-state index is 5.71. The van der Waals surface area contributed by atoms with Gasteiger partial charge in [0.25, 0.3) is 0 Å². The molecule has 4 heteroatoms. The van der Waals surface area contributed by atoms with E-state index in [4.69, 9.17) is 5.84 Å². The summed E-state index contributed by atoms with van der Waals surface area (Å²) in [5.74, 6) is 5.71. The highest BCUT2D eigenvalue weighted by atomic mass is 32.1. The van der Waals surface area contributed by atoms with Crippen molar-refractivity contribution in [3.63, 3.8) is 0 Å². The Morgan fingerprint density at radius 1 is 1.42 bits per heavy atom. The van der Waals surface area contributed by atoms with Gasteiger partial charge in [0.15, 0.2) is 0 Å². The van der Waals surface area contributed by atoms with E-state index in [1.165, 1.54) is 11.1 Å². The van der Waals surface area contributed by atoms with Crippen molar-refractivity contribution < 1.29 is 0 Å². The summed E-state index contributed by atoms with van der Waals surface area (Å²) >= 11 is 1.70. The third kappa shape index (κ3) is 3.86. The van der Waals surface area contributed by atoms with Gasteiger partial charge in [0, 0.05) is 17.5 Å².